The Balaban J connectivity index is 1.68. The Morgan fingerprint density at radius 2 is 2.12 bits per heavy atom. The van der Waals surface area contributed by atoms with Gasteiger partial charge in [-0.3, -0.25) is 4.79 Å². The number of nitrogens with one attached hydrogen (secondary N) is 1. The SMILES string of the molecule is O=C(NCCc1ccccc1F)C1=CC=CN2CCS(=O)(=O)N=C12. The van der Waals surface area contributed by atoms with Crippen molar-refractivity contribution in [3.05, 3.63) is 59.6 Å². The van der Waals surface area contributed by atoms with Gasteiger partial charge in [0, 0.05) is 19.3 Å². The average Bonchev–Trinajstić information content (AvgIpc) is 2.55. The smallest absolute Gasteiger partial charge is 0.256 e. The third-order valence-electron chi connectivity index (χ3n) is 3.74. The van der Waals surface area contributed by atoms with Crippen LogP contribution in [-0.4, -0.2) is 43.9 Å². The van der Waals surface area contributed by atoms with Crippen molar-refractivity contribution in [1.29, 1.82) is 0 Å². The van der Waals surface area contributed by atoms with Gasteiger partial charge in [0.2, 0.25) is 0 Å². The number of carbonyl (C=O) groups is 1. The molecule has 3 rings (SSSR count). The number of nitrogens with zero attached hydrogens (tertiary/aromatic N) is 2. The first-order valence-electron chi connectivity index (χ1n) is 7.46. The minimum Gasteiger partial charge on any atom is -0.352 e. The molecule has 0 radical (unpaired) electrons. The van der Waals surface area contributed by atoms with E-state index in [1.165, 1.54) is 12.1 Å². The van der Waals surface area contributed by atoms with E-state index in [9.17, 15) is 17.6 Å². The molecular formula is C16H16FN3O3S. The van der Waals surface area contributed by atoms with E-state index in [1.54, 1.807) is 35.4 Å². The van der Waals surface area contributed by atoms with Crippen molar-refractivity contribution in [3.8, 4) is 0 Å². The highest BCUT2D eigenvalue weighted by atomic mass is 32.2. The largest absolute Gasteiger partial charge is 0.352 e. The van der Waals surface area contributed by atoms with E-state index in [-0.39, 0.29) is 36.1 Å². The number of sulfonamides is 1. The second-order valence-electron chi connectivity index (χ2n) is 5.41. The molecular weight excluding hydrogens is 333 g/mol. The molecule has 1 amide bonds. The monoisotopic (exact) mass is 349 g/mol. The summed E-state index contributed by atoms with van der Waals surface area (Å²) in [6.07, 6.45) is 5.22. The molecule has 0 spiro atoms. The number of halogens is 1. The molecule has 1 aromatic carbocycles. The van der Waals surface area contributed by atoms with Gasteiger partial charge in [-0.1, -0.05) is 18.2 Å². The van der Waals surface area contributed by atoms with E-state index in [0.717, 1.165) is 0 Å². The summed E-state index contributed by atoms with van der Waals surface area (Å²) in [5.41, 5.74) is 0.698. The third kappa shape index (κ3) is 3.53. The highest BCUT2D eigenvalue weighted by Gasteiger charge is 2.29. The molecule has 126 valence electrons. The molecule has 1 aromatic rings. The van der Waals surface area contributed by atoms with Gasteiger partial charge in [-0.2, -0.15) is 0 Å². The quantitative estimate of drug-likeness (QED) is 0.879. The summed E-state index contributed by atoms with van der Waals surface area (Å²) in [5.74, 6) is -0.701. The first kappa shape index (κ1) is 16.4. The molecule has 0 unspecified atom stereocenters. The van der Waals surface area contributed by atoms with Gasteiger partial charge in [0.05, 0.1) is 11.3 Å². The maximum absolute atomic E-state index is 13.5. The van der Waals surface area contributed by atoms with Crippen LogP contribution in [-0.2, 0) is 21.2 Å². The van der Waals surface area contributed by atoms with Gasteiger partial charge in [-0.25, -0.2) is 12.8 Å². The van der Waals surface area contributed by atoms with E-state index in [1.807, 2.05) is 0 Å². The second kappa shape index (κ2) is 6.56. The van der Waals surface area contributed by atoms with Gasteiger partial charge in [0.1, 0.15) is 5.82 Å². The Labute approximate surface area is 139 Å². The Morgan fingerprint density at radius 3 is 2.92 bits per heavy atom. The Bertz CT molecular complexity index is 859. The fourth-order valence-electron chi connectivity index (χ4n) is 2.50. The maximum atomic E-state index is 13.5. The lowest BCUT2D eigenvalue weighted by molar-refractivity contribution is -0.117. The zero-order chi connectivity index (χ0) is 17.2. The topological polar surface area (TPSA) is 78.8 Å². The Kier molecular flexibility index (Phi) is 4.48. The van der Waals surface area contributed by atoms with Gasteiger partial charge in [0.15, 0.2) is 5.84 Å². The standard InChI is InChI=1S/C16H16FN3O3S/c17-14-6-2-1-4-12(14)7-8-18-16(21)13-5-3-9-20-10-11-24(22,23)19-15(13)20/h1-6,9H,7-8,10-11H2,(H,18,21). The van der Waals surface area contributed by atoms with Gasteiger partial charge in [0.25, 0.3) is 15.9 Å². The van der Waals surface area contributed by atoms with E-state index in [2.05, 4.69) is 9.71 Å². The molecule has 2 heterocycles. The highest BCUT2D eigenvalue weighted by molar-refractivity contribution is 7.90. The molecule has 2 aliphatic rings. The van der Waals surface area contributed by atoms with E-state index >= 15 is 0 Å². The lowest BCUT2D eigenvalue weighted by Gasteiger charge is -2.28. The van der Waals surface area contributed by atoms with Crippen molar-refractivity contribution in [2.24, 2.45) is 4.40 Å². The number of allylic oxidation sites excluding steroid dienone is 2. The lowest BCUT2D eigenvalue weighted by atomic mass is 10.1. The van der Waals surface area contributed by atoms with Crippen molar-refractivity contribution in [3.63, 3.8) is 0 Å². The molecule has 0 aliphatic carbocycles. The summed E-state index contributed by atoms with van der Waals surface area (Å²) in [4.78, 5) is 14.0. The first-order chi connectivity index (χ1) is 11.5. The second-order valence-corrected chi connectivity index (χ2v) is 7.17. The predicted octanol–water partition coefficient (Wildman–Crippen LogP) is 0.982. The molecule has 0 saturated carbocycles. The molecule has 1 N–H and O–H groups in total. The van der Waals surface area contributed by atoms with Crippen LogP contribution < -0.4 is 5.32 Å². The van der Waals surface area contributed by atoms with Crippen molar-refractivity contribution < 1.29 is 17.6 Å². The minimum absolute atomic E-state index is 0.0803. The van der Waals surface area contributed by atoms with Crippen molar-refractivity contribution in [1.82, 2.24) is 10.2 Å². The fraction of sp³-hybridized carbons (Fsp3) is 0.250. The van der Waals surface area contributed by atoms with Crippen LogP contribution in [0.25, 0.3) is 0 Å². The summed E-state index contributed by atoms with van der Waals surface area (Å²) in [5, 5.41) is 2.68. The number of hydrogen-bond donors (Lipinski definition) is 1. The summed E-state index contributed by atoms with van der Waals surface area (Å²) in [6, 6.07) is 6.36. The molecule has 0 bridgehead atoms. The normalized spacial score (nSPS) is 18.5. The van der Waals surface area contributed by atoms with Crippen LogP contribution in [0.15, 0.2) is 52.6 Å². The molecule has 2 aliphatic heterocycles. The van der Waals surface area contributed by atoms with Crippen molar-refractivity contribution in [2.45, 2.75) is 6.42 Å². The van der Waals surface area contributed by atoms with Gasteiger partial charge in [-0.05, 0) is 30.2 Å². The van der Waals surface area contributed by atoms with E-state index in [4.69, 9.17) is 0 Å². The predicted molar refractivity (Wildman–Crippen MR) is 88.3 cm³/mol. The van der Waals surface area contributed by atoms with Crippen LogP contribution in [0.1, 0.15) is 5.56 Å². The number of hydrogen-bond acceptors (Lipinski definition) is 4. The van der Waals surface area contributed by atoms with Gasteiger partial charge < -0.3 is 10.2 Å². The molecule has 0 atom stereocenters. The van der Waals surface area contributed by atoms with Crippen LogP contribution in [0.5, 0.6) is 0 Å². The van der Waals surface area contributed by atoms with Crippen LogP contribution in [0.4, 0.5) is 4.39 Å². The summed E-state index contributed by atoms with van der Waals surface area (Å²) < 4.78 is 40.6. The van der Waals surface area contributed by atoms with Crippen molar-refractivity contribution in [2.75, 3.05) is 18.8 Å². The number of rotatable bonds is 4. The van der Waals surface area contributed by atoms with Gasteiger partial charge >= 0.3 is 0 Å². The summed E-state index contributed by atoms with van der Waals surface area (Å²) >= 11 is 0. The molecule has 0 aromatic heterocycles. The van der Waals surface area contributed by atoms with Crippen LogP contribution in [0.3, 0.4) is 0 Å². The number of amides is 1. The maximum Gasteiger partial charge on any atom is 0.256 e. The van der Waals surface area contributed by atoms with Crippen LogP contribution in [0.2, 0.25) is 0 Å². The van der Waals surface area contributed by atoms with Gasteiger partial charge in [-0.15, -0.1) is 4.40 Å². The van der Waals surface area contributed by atoms with Crippen LogP contribution >= 0.6 is 0 Å². The van der Waals surface area contributed by atoms with E-state index in [0.29, 0.717) is 12.0 Å². The molecule has 6 nitrogen and oxygen atoms in total. The van der Waals surface area contributed by atoms with Crippen LogP contribution in [0, 0.1) is 5.82 Å². The van der Waals surface area contributed by atoms with Crippen molar-refractivity contribution >= 4 is 21.8 Å². The number of amidine groups is 1. The van der Waals surface area contributed by atoms with E-state index < -0.39 is 15.9 Å². The third-order valence-corrected chi connectivity index (χ3v) is 4.89. The highest BCUT2D eigenvalue weighted by Crippen LogP contribution is 2.17. The summed E-state index contributed by atoms with van der Waals surface area (Å²) in [7, 11) is -3.55. The number of benzene rings is 1. The lowest BCUT2D eigenvalue weighted by Crippen LogP contribution is -2.42. The molecule has 24 heavy (non-hydrogen) atoms. The minimum atomic E-state index is -3.55. The Morgan fingerprint density at radius 1 is 1.33 bits per heavy atom. The summed E-state index contributed by atoms with van der Waals surface area (Å²) in [6.45, 7) is 0.498. The zero-order valence-electron chi connectivity index (χ0n) is 12.8. The first-order valence-corrected chi connectivity index (χ1v) is 9.07. The zero-order valence-corrected chi connectivity index (χ0v) is 13.6. The Hall–Kier alpha value is -2.48. The molecule has 8 heteroatoms. The number of fused-ring (bicyclic) bond motifs is 1. The molecule has 0 fully saturated rings. The fourth-order valence-corrected chi connectivity index (χ4v) is 3.49. The number of carbonyl (C=O) groups excluding carboxylic acids is 1. The average molecular weight is 349 g/mol. The molecule has 0 saturated heterocycles.